The van der Waals surface area contributed by atoms with Gasteiger partial charge < -0.3 is 71.4 Å². The van der Waals surface area contributed by atoms with Crippen LogP contribution in [0.1, 0.15) is 45.4 Å². The molecule has 0 aliphatic carbocycles. The SMILES string of the molecule is COC(=O)CC(=O)OC.C[O-].Cc1cn[nH]c1N.Cc1cnn2c(-c3cncc(F)c3)cc(=O)[nH]c12.Cc1cnn2c(-c3cncc(F)c3)cc(NCCc3c[nH]c4ccccc34)nc12.Cc1cnn2c(Cl)cc(=O)[nH]c12.Cc1cnn2c(O)cc(=O)[nH]c12.NCCc1c[nH]c2ccccc12.O=P(Cl)(Cl)Cl.OB(O)c1cncc(F)c1.[Na+]. The van der Waals surface area contributed by atoms with Gasteiger partial charge in [-0.3, -0.25) is 48.6 Å². The fourth-order valence-corrected chi connectivity index (χ4v) is 10.5. The number of fused-ring (bicyclic) bond motifs is 6. The van der Waals surface area contributed by atoms with Gasteiger partial charge in [0.1, 0.15) is 57.6 Å². The molecule has 14 N–H and O–H groups in total. The van der Waals surface area contributed by atoms with E-state index in [2.05, 4.69) is 149 Å². The van der Waals surface area contributed by atoms with Crippen molar-refractivity contribution in [2.75, 3.05) is 45.5 Å². The maximum Gasteiger partial charge on any atom is 1.00 e. The number of aromatic nitrogens is 19. The molecule has 14 heterocycles. The number of hydrogen-bond acceptors (Lipinski definition) is 24. The molecule has 117 heavy (non-hydrogen) atoms. The van der Waals surface area contributed by atoms with Crippen LogP contribution >= 0.6 is 50.5 Å². The number of nitrogen functional groups attached to an aromatic ring is 1. The van der Waals surface area contributed by atoms with Crippen molar-refractivity contribution < 1.29 is 86.6 Å². The fraction of sp³-hybridized carbons (Fsp3) is 0.178. The second-order valence-corrected chi connectivity index (χ2v) is 31.1. The van der Waals surface area contributed by atoms with E-state index in [1.807, 2.05) is 64.4 Å². The summed E-state index contributed by atoms with van der Waals surface area (Å²) in [7, 11) is 1.53. The number of pyridine rings is 3. The van der Waals surface area contributed by atoms with E-state index in [4.69, 9.17) is 43.2 Å². The Morgan fingerprint density at radius 1 is 0.590 bits per heavy atom. The molecule has 16 aromatic rings. The molecule has 608 valence electrons. The van der Waals surface area contributed by atoms with Gasteiger partial charge in [0.25, 0.3) is 16.7 Å². The normalized spacial score (nSPS) is 10.4. The van der Waals surface area contributed by atoms with Crippen molar-refractivity contribution in [3.63, 3.8) is 0 Å². The molecule has 0 spiro atoms. The number of nitrogens with two attached hydrogens (primary N) is 2. The minimum Gasteiger partial charge on any atom is -0.857 e. The summed E-state index contributed by atoms with van der Waals surface area (Å²) < 4.78 is 63.1. The molecule has 0 unspecified atom stereocenters. The van der Waals surface area contributed by atoms with Crippen LogP contribution < -0.4 is 73.6 Å². The number of methoxy groups -OCH3 is 2. The van der Waals surface area contributed by atoms with Crippen molar-refractivity contribution in [2.24, 2.45) is 5.73 Å². The summed E-state index contributed by atoms with van der Waals surface area (Å²) in [5.41, 5.74) is 24.4. The summed E-state index contributed by atoms with van der Waals surface area (Å²) in [6.07, 6.45) is 21.5. The zero-order valence-electron chi connectivity index (χ0n) is 63.9. The Labute approximate surface area is 704 Å². The molecule has 0 bridgehead atoms. The van der Waals surface area contributed by atoms with Crippen molar-refractivity contribution in [2.45, 2.75) is 53.9 Å². The number of H-pyrrole nitrogens is 6. The van der Waals surface area contributed by atoms with E-state index < -0.39 is 35.9 Å². The second kappa shape index (κ2) is 45.7. The average Bonchev–Trinajstić information content (AvgIpc) is 1.69. The first-order valence-corrected chi connectivity index (χ1v) is 38.8. The number of carbonyl (C=O) groups excluding carboxylic acids is 2. The number of esters is 2. The quantitative estimate of drug-likeness (QED) is 0.0222. The summed E-state index contributed by atoms with van der Waals surface area (Å²) >= 11 is 19.6. The zero-order valence-corrected chi connectivity index (χ0v) is 69.8. The topological polar surface area (TPSA) is 497 Å². The van der Waals surface area contributed by atoms with Crippen molar-refractivity contribution >= 4 is 131 Å². The van der Waals surface area contributed by atoms with E-state index in [1.165, 1.54) is 93.5 Å². The summed E-state index contributed by atoms with van der Waals surface area (Å²) in [5.74, 6) is -1.36. The molecule has 0 saturated carbocycles. The second-order valence-electron chi connectivity index (χ2n) is 24.0. The van der Waals surface area contributed by atoms with Crippen LogP contribution in [-0.4, -0.2) is 162 Å². The number of halogens is 7. The molecule has 0 radical (unpaired) electrons. The van der Waals surface area contributed by atoms with Crippen LogP contribution in [0.4, 0.5) is 24.8 Å². The standard InChI is InChI=1S/C22H19FN6.C12H9FN4O.C10H12N2.C7H6ClN3O.C7H7N3O2.C5H5BFNO2.C5H8O4.C4H7N3.CH3O.Cl3OP.Na/c1-14-10-27-29-20(16-8-17(23)13-24-11-16)9-21(28-22(14)29)25-7-6-15-12-26-19-5-3-2-4-18(15)19;1-7-4-15-17-10(3-11(18)16-12(7)17)8-2-9(13)6-14-5-8;11-6-5-8-7-12-10-4-2-1-3-9(8)10;1-4-3-9-11-5(8)2-6(12)10-7(4)11;1-4-3-8-10-6(12)2-5(11)9-7(4)10;7-5-1-4(6(9)10)2-8-3-5;1-8-4(6)3-5(7)9-2;1-3-2-6-7-4(3)5;1-2;1-5(2,3)4;/h2-5,8-13,26H,6-7H2,1H3,(H,25,28);2-6H,1H3,(H,16,18);1-4,7,12H,5-6,11H2;2-3H,1H3,(H,10,12);2-3,12H,1H3,(H,9,11);1-3,9-10H;3H2,1-2H3;2H,1H3,(H3,5,6,7);1H3;;/q;;;;;;;;-1;;+1. The van der Waals surface area contributed by atoms with Gasteiger partial charge in [0, 0.05) is 122 Å². The number of aromatic amines is 6. The Balaban J connectivity index is 0.000000213. The van der Waals surface area contributed by atoms with Crippen molar-refractivity contribution in [3.8, 4) is 28.4 Å². The van der Waals surface area contributed by atoms with Gasteiger partial charge in [-0.1, -0.05) is 48.0 Å². The van der Waals surface area contributed by atoms with Crippen LogP contribution in [0.25, 0.3) is 66.9 Å². The number of hydrogen-bond donors (Lipinski definition) is 12. The molecular weight excluding hydrogens is 1640 g/mol. The van der Waals surface area contributed by atoms with Crippen LogP contribution in [0.2, 0.25) is 5.15 Å². The molecule has 0 saturated heterocycles. The van der Waals surface area contributed by atoms with Crippen LogP contribution in [-0.2, 0) is 36.5 Å². The zero-order chi connectivity index (χ0) is 84.9. The Morgan fingerprint density at radius 2 is 1.03 bits per heavy atom. The molecule has 14 aromatic heterocycles. The smallest absolute Gasteiger partial charge is 0.857 e. The fourth-order valence-electron chi connectivity index (χ4n) is 10.3. The minimum atomic E-state index is -3.22. The van der Waals surface area contributed by atoms with Crippen molar-refractivity contribution in [1.29, 1.82) is 0 Å². The van der Waals surface area contributed by atoms with Crippen molar-refractivity contribution in [1.82, 2.24) is 93.5 Å². The molecule has 0 amide bonds. The van der Waals surface area contributed by atoms with Crippen LogP contribution in [0, 0.1) is 52.1 Å². The third-order valence-corrected chi connectivity index (χ3v) is 16.0. The molecule has 0 aliphatic heterocycles. The molecule has 16 rings (SSSR count). The molecular formula is C73H76BCl4F3N22NaO12P. The third-order valence-electron chi connectivity index (χ3n) is 15.8. The van der Waals surface area contributed by atoms with Gasteiger partial charge in [0.2, 0.25) is 5.88 Å². The number of rotatable bonds is 11. The van der Waals surface area contributed by atoms with Crippen LogP contribution in [0.3, 0.4) is 0 Å². The minimum absolute atomic E-state index is 0. The van der Waals surface area contributed by atoms with Crippen molar-refractivity contribution in [3.05, 3.63) is 264 Å². The number of anilines is 2. The number of nitrogens with zero attached hydrogens (tertiary/aromatic N) is 13. The molecule has 0 fully saturated rings. The summed E-state index contributed by atoms with van der Waals surface area (Å²) in [6.45, 7) is 10.8. The largest absolute Gasteiger partial charge is 1.00 e. The first-order valence-electron chi connectivity index (χ1n) is 34.0. The summed E-state index contributed by atoms with van der Waals surface area (Å²) in [4.78, 5) is 84.3. The van der Waals surface area contributed by atoms with Gasteiger partial charge >= 0.3 is 53.8 Å². The van der Waals surface area contributed by atoms with Gasteiger partial charge in [0.05, 0.1) is 81.2 Å². The number of para-hydroxylation sites is 2. The monoisotopic (exact) mass is 1710 g/mol. The predicted molar refractivity (Wildman–Crippen MR) is 435 cm³/mol. The van der Waals surface area contributed by atoms with Gasteiger partial charge in [-0.05, 0) is 129 Å². The number of aromatic hydroxyl groups is 1. The average molecular weight is 1720 g/mol. The summed E-state index contributed by atoms with van der Waals surface area (Å²) in [6, 6.07) is 26.0. The van der Waals surface area contributed by atoms with E-state index in [-0.39, 0.29) is 69.8 Å². The van der Waals surface area contributed by atoms with E-state index in [1.54, 1.807) is 53.1 Å². The van der Waals surface area contributed by atoms with E-state index in [0.717, 1.165) is 102 Å². The number of aryl methyl sites for hydroxylation is 5. The van der Waals surface area contributed by atoms with Gasteiger partial charge in [0.15, 0.2) is 5.65 Å². The molecule has 0 atom stereocenters. The van der Waals surface area contributed by atoms with Gasteiger partial charge in [-0.15, -0.1) is 0 Å². The Bertz CT molecular complexity index is 6060. The summed E-state index contributed by atoms with van der Waals surface area (Å²) in [5, 5.41) is 60.2. The Hall–Kier alpha value is -11.5. The number of benzene rings is 2. The molecule has 44 heteroatoms. The maximum absolute atomic E-state index is 13.7. The number of nitrogens with one attached hydrogen (secondary N) is 7. The van der Waals surface area contributed by atoms with E-state index in [0.29, 0.717) is 51.3 Å². The number of ether oxygens (including phenoxy) is 2. The first-order chi connectivity index (χ1) is 55.3. The molecule has 0 aliphatic rings. The third kappa shape index (κ3) is 28.1. The van der Waals surface area contributed by atoms with Gasteiger partial charge in [-0.25, -0.2) is 31.7 Å². The van der Waals surface area contributed by atoms with E-state index >= 15 is 0 Å². The number of carbonyl (C=O) groups is 2. The van der Waals surface area contributed by atoms with Crippen LogP contribution in [0.5, 0.6) is 5.88 Å². The van der Waals surface area contributed by atoms with E-state index in [9.17, 15) is 46.8 Å². The first kappa shape index (κ1) is 94.3. The molecule has 2 aromatic carbocycles. The Kier molecular flexibility index (Phi) is 36.8. The maximum atomic E-state index is 13.7. The molecule has 34 nitrogen and oxygen atoms in total. The van der Waals surface area contributed by atoms with Crippen LogP contribution in [0.15, 0.2) is 186 Å². The predicted octanol–water partition coefficient (Wildman–Crippen LogP) is 6.31. The Morgan fingerprint density at radius 3 is 1.50 bits per heavy atom. The van der Waals surface area contributed by atoms with Gasteiger partial charge in [-0.2, -0.15) is 37.1 Å².